The first-order valence-electron chi connectivity index (χ1n) is 8.59. The highest BCUT2D eigenvalue weighted by atomic mass is 16.5. The number of hydrogen-bond donors (Lipinski definition) is 1. The van der Waals surface area contributed by atoms with Crippen LogP contribution in [0.5, 0.6) is 5.75 Å². The third-order valence-electron chi connectivity index (χ3n) is 4.78. The van der Waals surface area contributed by atoms with Gasteiger partial charge in [0.1, 0.15) is 11.2 Å². The van der Waals surface area contributed by atoms with Crippen molar-refractivity contribution in [1.82, 2.24) is 4.90 Å². The van der Waals surface area contributed by atoms with Crippen molar-refractivity contribution in [3.63, 3.8) is 0 Å². The number of piperidine rings is 1. The lowest BCUT2D eigenvalue weighted by molar-refractivity contribution is -0.159. The Balaban J connectivity index is 1.94. The number of nitrogens with zero attached hydrogens (tertiary/aromatic N) is 1. The first kappa shape index (κ1) is 19.9. The molecule has 2 rings (SSSR count). The number of hydrogen-bond acceptors (Lipinski definition) is 5. The van der Waals surface area contributed by atoms with Crippen molar-refractivity contribution in [2.24, 2.45) is 5.41 Å². The van der Waals surface area contributed by atoms with Crippen molar-refractivity contribution in [3.05, 3.63) is 29.8 Å². The van der Waals surface area contributed by atoms with Crippen molar-refractivity contribution in [3.8, 4) is 5.75 Å². The van der Waals surface area contributed by atoms with Gasteiger partial charge in [-0.05, 0) is 37.1 Å². The summed E-state index contributed by atoms with van der Waals surface area (Å²) in [6.45, 7) is 0.691. The van der Waals surface area contributed by atoms with Gasteiger partial charge in [-0.2, -0.15) is 0 Å². The minimum Gasteiger partial charge on any atom is -0.497 e. The molecule has 7 nitrogen and oxygen atoms in total. The first-order valence-corrected chi connectivity index (χ1v) is 8.59. The molecule has 1 saturated heterocycles. The summed E-state index contributed by atoms with van der Waals surface area (Å²) in [5.41, 5.74) is -0.542. The quantitative estimate of drug-likeness (QED) is 0.710. The molecule has 1 amide bonds. The van der Waals surface area contributed by atoms with Crippen LogP contribution in [-0.2, 0) is 14.3 Å². The Labute approximate surface area is 152 Å². The molecule has 1 aromatic carbocycles. The van der Waals surface area contributed by atoms with E-state index >= 15 is 0 Å². The molecule has 1 N–H and O–H groups in total. The zero-order valence-corrected chi connectivity index (χ0v) is 15.2. The number of carbonyl (C=O) groups excluding carboxylic acids is 2. The number of carboxylic acids is 1. The van der Waals surface area contributed by atoms with Gasteiger partial charge in [0.05, 0.1) is 13.7 Å². The van der Waals surface area contributed by atoms with Crippen LogP contribution in [0.4, 0.5) is 0 Å². The summed E-state index contributed by atoms with van der Waals surface area (Å²) in [6, 6.07) is 6.73. The lowest BCUT2D eigenvalue weighted by Crippen LogP contribution is -2.52. The molecule has 7 heteroatoms. The molecule has 1 aliphatic heterocycles. The zero-order chi connectivity index (χ0) is 19.2. The van der Waals surface area contributed by atoms with Crippen molar-refractivity contribution >= 4 is 17.7 Å². The van der Waals surface area contributed by atoms with Crippen molar-refractivity contribution in [2.45, 2.75) is 25.7 Å². The molecule has 1 aliphatic rings. The highest BCUT2D eigenvalue weighted by Crippen LogP contribution is 2.31. The van der Waals surface area contributed by atoms with Crippen LogP contribution in [0, 0.1) is 5.41 Å². The van der Waals surface area contributed by atoms with Gasteiger partial charge >= 0.3 is 5.97 Å². The van der Waals surface area contributed by atoms with Crippen LogP contribution in [-0.4, -0.2) is 61.6 Å². The number of likely N-dealkylation sites (tertiary alicyclic amines) is 1. The van der Waals surface area contributed by atoms with Gasteiger partial charge in [0, 0.05) is 38.6 Å². The molecule has 142 valence electrons. The topological polar surface area (TPSA) is 93.1 Å². The van der Waals surface area contributed by atoms with E-state index in [1.807, 2.05) is 0 Å². The Hall–Kier alpha value is -2.41. The van der Waals surface area contributed by atoms with Gasteiger partial charge in [0.25, 0.3) is 0 Å². The largest absolute Gasteiger partial charge is 0.497 e. The van der Waals surface area contributed by atoms with E-state index < -0.39 is 11.4 Å². The zero-order valence-electron chi connectivity index (χ0n) is 15.2. The number of ether oxygens (including phenoxy) is 2. The van der Waals surface area contributed by atoms with Crippen molar-refractivity contribution < 1.29 is 29.0 Å². The summed E-state index contributed by atoms with van der Waals surface area (Å²) >= 11 is 0. The normalized spacial score (nSPS) is 19.8. The SMILES string of the molecule is COCC1(C(=O)O)CCCN(C(=O)CCC(=O)c2ccc(OC)cc2)C1. The van der Waals surface area contributed by atoms with E-state index in [-0.39, 0.29) is 37.7 Å². The molecular weight excluding hydrogens is 338 g/mol. The number of carboxylic acid groups (broad SMARTS) is 1. The van der Waals surface area contributed by atoms with Gasteiger partial charge in [-0.1, -0.05) is 0 Å². The Morgan fingerprint density at radius 1 is 1.15 bits per heavy atom. The van der Waals surface area contributed by atoms with Gasteiger partial charge in [-0.3, -0.25) is 14.4 Å². The van der Waals surface area contributed by atoms with Gasteiger partial charge in [0.2, 0.25) is 5.91 Å². The van der Waals surface area contributed by atoms with Gasteiger partial charge in [0.15, 0.2) is 5.78 Å². The van der Waals surface area contributed by atoms with Crippen LogP contribution in [0.2, 0.25) is 0 Å². The average Bonchev–Trinajstić information content (AvgIpc) is 2.66. The molecule has 0 aromatic heterocycles. The van der Waals surface area contributed by atoms with E-state index in [9.17, 15) is 19.5 Å². The highest BCUT2D eigenvalue weighted by molar-refractivity contribution is 5.98. The van der Waals surface area contributed by atoms with Crippen LogP contribution < -0.4 is 4.74 Å². The summed E-state index contributed by atoms with van der Waals surface area (Å²) in [6.07, 6.45) is 1.23. The van der Waals surface area contributed by atoms with Crippen LogP contribution in [0.15, 0.2) is 24.3 Å². The third kappa shape index (κ3) is 4.60. The third-order valence-corrected chi connectivity index (χ3v) is 4.78. The molecule has 1 heterocycles. The predicted octanol–water partition coefficient (Wildman–Crippen LogP) is 2.00. The lowest BCUT2D eigenvalue weighted by atomic mass is 9.80. The second-order valence-electron chi connectivity index (χ2n) is 6.59. The molecule has 1 atom stereocenters. The summed E-state index contributed by atoms with van der Waals surface area (Å²) in [5, 5.41) is 9.55. The first-order chi connectivity index (χ1) is 12.4. The summed E-state index contributed by atoms with van der Waals surface area (Å²) in [7, 11) is 3.01. The van der Waals surface area contributed by atoms with E-state index in [1.54, 1.807) is 31.4 Å². The lowest BCUT2D eigenvalue weighted by Gasteiger charge is -2.39. The fourth-order valence-corrected chi connectivity index (χ4v) is 3.27. The maximum absolute atomic E-state index is 12.5. The Morgan fingerprint density at radius 3 is 2.42 bits per heavy atom. The summed E-state index contributed by atoms with van der Waals surface area (Å²) < 4.78 is 10.1. The molecule has 1 unspecified atom stereocenters. The number of methoxy groups -OCH3 is 2. The fraction of sp³-hybridized carbons (Fsp3) is 0.526. The monoisotopic (exact) mass is 363 g/mol. The summed E-state index contributed by atoms with van der Waals surface area (Å²) in [5.74, 6) is -0.618. The number of aliphatic carboxylic acids is 1. The van der Waals surface area contributed by atoms with Crippen molar-refractivity contribution in [1.29, 1.82) is 0 Å². The highest BCUT2D eigenvalue weighted by Gasteiger charge is 2.43. The Morgan fingerprint density at radius 2 is 1.85 bits per heavy atom. The van der Waals surface area contributed by atoms with Crippen LogP contribution in [0.1, 0.15) is 36.0 Å². The smallest absolute Gasteiger partial charge is 0.313 e. The minimum atomic E-state index is -1.07. The second kappa shape index (κ2) is 8.80. The molecule has 0 bridgehead atoms. The summed E-state index contributed by atoms with van der Waals surface area (Å²) in [4.78, 5) is 37.9. The Bertz CT molecular complexity index is 652. The maximum Gasteiger partial charge on any atom is 0.313 e. The molecule has 1 aromatic rings. The average molecular weight is 363 g/mol. The fourth-order valence-electron chi connectivity index (χ4n) is 3.27. The van der Waals surface area contributed by atoms with E-state index in [4.69, 9.17) is 9.47 Å². The number of amides is 1. The minimum absolute atomic E-state index is 0.0630. The number of ketones is 1. The number of rotatable bonds is 8. The van der Waals surface area contributed by atoms with E-state index in [2.05, 4.69) is 0 Å². The van der Waals surface area contributed by atoms with Crippen molar-refractivity contribution in [2.75, 3.05) is 33.9 Å². The van der Waals surface area contributed by atoms with Crippen LogP contribution in [0.25, 0.3) is 0 Å². The van der Waals surface area contributed by atoms with Gasteiger partial charge in [-0.15, -0.1) is 0 Å². The van der Waals surface area contributed by atoms with E-state index in [0.29, 0.717) is 30.7 Å². The molecule has 0 spiro atoms. The predicted molar refractivity (Wildman–Crippen MR) is 94.3 cm³/mol. The van der Waals surface area contributed by atoms with Gasteiger partial charge < -0.3 is 19.5 Å². The molecule has 1 fully saturated rings. The molecular formula is C19H25NO6. The Kier molecular flexibility index (Phi) is 6.74. The number of benzene rings is 1. The van der Waals surface area contributed by atoms with E-state index in [1.165, 1.54) is 12.0 Å². The number of Topliss-reactive ketones (excluding diaryl/α,β-unsaturated/α-hetero) is 1. The van der Waals surface area contributed by atoms with Crippen LogP contribution >= 0.6 is 0 Å². The molecule has 26 heavy (non-hydrogen) atoms. The van der Waals surface area contributed by atoms with Gasteiger partial charge in [-0.25, -0.2) is 0 Å². The molecule has 0 aliphatic carbocycles. The standard InChI is InChI=1S/C19H25NO6/c1-25-13-19(18(23)24)10-3-11-20(12-19)17(22)9-8-16(21)14-4-6-15(26-2)7-5-14/h4-7H,3,8-13H2,1-2H3,(H,23,24). The molecule has 0 saturated carbocycles. The maximum atomic E-state index is 12.5. The van der Waals surface area contributed by atoms with Crippen LogP contribution in [0.3, 0.4) is 0 Å². The second-order valence-corrected chi connectivity index (χ2v) is 6.59. The molecule has 0 radical (unpaired) electrons. The van der Waals surface area contributed by atoms with E-state index in [0.717, 1.165) is 0 Å². The number of carbonyl (C=O) groups is 3.